The van der Waals surface area contributed by atoms with E-state index in [-0.39, 0.29) is 0 Å². The maximum atomic E-state index is 6.45. The number of rotatable bonds is 6. The Kier molecular flexibility index (Phi) is 7.40. The molecule has 0 N–H and O–H groups in total. The average Bonchev–Trinajstić information content (AvgIpc) is 3.99. The molecule has 0 spiro atoms. The second kappa shape index (κ2) is 13.1. The van der Waals surface area contributed by atoms with Crippen LogP contribution in [-0.4, -0.2) is 0 Å². The van der Waals surface area contributed by atoms with Crippen LogP contribution in [0.15, 0.2) is 209 Å². The SMILES string of the molecule is c1ccc(-c2cccc3c2sc2cccc(N(c4ccc(-c5cccc6c5oc5ccccc56)cc4)c4ccc(-c5cccc6c5oc5ccccc56)cc4)c23)cc1. The number of anilines is 3. The van der Waals surface area contributed by atoms with Crippen LogP contribution in [0.5, 0.6) is 0 Å². The van der Waals surface area contributed by atoms with Crippen LogP contribution >= 0.6 is 11.3 Å². The van der Waals surface area contributed by atoms with Gasteiger partial charge in [-0.2, -0.15) is 0 Å². The molecule has 0 aliphatic rings. The zero-order valence-corrected chi connectivity index (χ0v) is 32.0. The van der Waals surface area contributed by atoms with Gasteiger partial charge in [-0.3, -0.25) is 0 Å². The third-order valence-electron chi connectivity index (χ3n) is 11.5. The minimum atomic E-state index is 0.902. The molecule has 0 fully saturated rings. The number of fused-ring (bicyclic) bond motifs is 9. The van der Waals surface area contributed by atoms with Gasteiger partial charge in [-0.25, -0.2) is 0 Å². The van der Waals surface area contributed by atoms with E-state index >= 15 is 0 Å². The van der Waals surface area contributed by atoms with Gasteiger partial charge in [-0.15, -0.1) is 11.3 Å². The van der Waals surface area contributed by atoms with Gasteiger partial charge in [-0.1, -0.05) is 152 Å². The average molecular weight is 760 g/mol. The highest BCUT2D eigenvalue weighted by Gasteiger charge is 2.21. The number of nitrogens with zero attached hydrogens (tertiary/aromatic N) is 1. The third-order valence-corrected chi connectivity index (χ3v) is 12.7. The second-order valence-corrected chi connectivity index (χ2v) is 15.8. The van der Waals surface area contributed by atoms with E-state index in [1.165, 1.54) is 31.3 Å². The van der Waals surface area contributed by atoms with Crippen LogP contribution in [0.1, 0.15) is 0 Å². The summed E-state index contributed by atoms with van der Waals surface area (Å²) in [4.78, 5) is 2.40. The normalized spacial score (nSPS) is 11.8. The number of furan rings is 2. The molecule has 3 aromatic heterocycles. The monoisotopic (exact) mass is 759 g/mol. The fourth-order valence-electron chi connectivity index (χ4n) is 8.82. The first-order chi connectivity index (χ1) is 28.8. The van der Waals surface area contributed by atoms with E-state index in [0.717, 1.165) is 83.2 Å². The quantitative estimate of drug-likeness (QED) is 0.169. The molecule has 4 heteroatoms. The van der Waals surface area contributed by atoms with Crippen LogP contribution in [0, 0.1) is 0 Å². The van der Waals surface area contributed by atoms with Gasteiger partial charge in [0, 0.05) is 64.2 Å². The Morgan fingerprint density at radius 3 is 1.40 bits per heavy atom. The predicted octanol–water partition coefficient (Wildman–Crippen LogP) is 16.3. The Morgan fingerprint density at radius 2 is 0.810 bits per heavy atom. The Labute approximate surface area is 338 Å². The number of para-hydroxylation sites is 4. The highest BCUT2D eigenvalue weighted by molar-refractivity contribution is 7.26. The highest BCUT2D eigenvalue weighted by atomic mass is 32.1. The maximum Gasteiger partial charge on any atom is 0.143 e. The maximum absolute atomic E-state index is 6.45. The van der Waals surface area contributed by atoms with Crippen molar-refractivity contribution in [3.8, 4) is 33.4 Å². The van der Waals surface area contributed by atoms with Gasteiger partial charge >= 0.3 is 0 Å². The zero-order chi connectivity index (χ0) is 38.2. The van der Waals surface area contributed by atoms with Crippen molar-refractivity contribution in [3.05, 3.63) is 200 Å². The Morgan fingerprint density at radius 1 is 0.345 bits per heavy atom. The van der Waals surface area contributed by atoms with E-state index < -0.39 is 0 Å². The molecule has 0 saturated heterocycles. The standard InChI is InChI=1S/C54H33NO2S/c1-2-12-34(13-3-1)41-18-10-21-46-51-47(22-11-25-50(51)58-54(41)46)55(37-30-26-35(27-31-37)39-16-8-19-44-42-14-4-6-23-48(42)56-52(39)44)38-32-28-36(29-33-38)40-17-9-20-45-43-15-5-7-24-49(43)57-53(40)45/h1-33H. The molecule has 0 aliphatic heterocycles. The van der Waals surface area contributed by atoms with Crippen molar-refractivity contribution in [2.24, 2.45) is 0 Å². The lowest BCUT2D eigenvalue weighted by Gasteiger charge is -2.27. The molecule has 0 aliphatic carbocycles. The molecular formula is C54H33NO2S. The fraction of sp³-hybridized carbons (Fsp3) is 0. The largest absolute Gasteiger partial charge is 0.455 e. The van der Waals surface area contributed by atoms with E-state index in [0.29, 0.717) is 0 Å². The summed E-state index contributed by atoms with van der Waals surface area (Å²) in [5.41, 5.74) is 13.7. The minimum absolute atomic E-state index is 0.902. The number of benzene rings is 9. The van der Waals surface area contributed by atoms with Gasteiger partial charge in [0.15, 0.2) is 0 Å². The van der Waals surface area contributed by atoms with E-state index in [1.807, 2.05) is 35.6 Å². The lowest BCUT2D eigenvalue weighted by molar-refractivity contribution is 0.669. The predicted molar refractivity (Wildman–Crippen MR) is 245 cm³/mol. The smallest absolute Gasteiger partial charge is 0.143 e. The first-order valence-electron chi connectivity index (χ1n) is 19.6. The summed E-state index contributed by atoms with van der Waals surface area (Å²) in [5, 5.41) is 7.02. The molecule has 58 heavy (non-hydrogen) atoms. The lowest BCUT2D eigenvalue weighted by Crippen LogP contribution is -2.10. The first kappa shape index (κ1) is 32.8. The molecule has 0 radical (unpaired) electrons. The Balaban J connectivity index is 1.03. The molecule has 3 heterocycles. The molecule has 12 rings (SSSR count). The highest BCUT2D eigenvalue weighted by Crippen LogP contribution is 2.48. The van der Waals surface area contributed by atoms with Gasteiger partial charge in [0.05, 0.1) is 5.69 Å². The molecule has 3 nitrogen and oxygen atoms in total. The van der Waals surface area contributed by atoms with Crippen LogP contribution < -0.4 is 4.90 Å². The molecule has 0 amide bonds. The van der Waals surface area contributed by atoms with Crippen LogP contribution in [0.2, 0.25) is 0 Å². The molecule has 0 saturated carbocycles. The van der Waals surface area contributed by atoms with Gasteiger partial charge in [0.25, 0.3) is 0 Å². The minimum Gasteiger partial charge on any atom is -0.455 e. The van der Waals surface area contributed by atoms with Crippen LogP contribution in [0.3, 0.4) is 0 Å². The van der Waals surface area contributed by atoms with Gasteiger partial charge in [0.1, 0.15) is 22.3 Å². The van der Waals surface area contributed by atoms with Crippen LogP contribution in [-0.2, 0) is 0 Å². The molecule has 0 atom stereocenters. The Bertz CT molecular complexity index is 3340. The first-order valence-corrected chi connectivity index (χ1v) is 20.4. The van der Waals surface area contributed by atoms with Crippen molar-refractivity contribution in [1.29, 1.82) is 0 Å². The summed E-state index contributed by atoms with van der Waals surface area (Å²) < 4.78 is 15.4. The van der Waals surface area contributed by atoms with Crippen molar-refractivity contribution in [3.63, 3.8) is 0 Å². The molecular weight excluding hydrogens is 727 g/mol. The molecule has 0 bridgehead atoms. The van der Waals surface area contributed by atoms with E-state index in [1.54, 1.807) is 0 Å². The van der Waals surface area contributed by atoms with Crippen molar-refractivity contribution in [1.82, 2.24) is 0 Å². The van der Waals surface area contributed by atoms with Crippen molar-refractivity contribution in [2.75, 3.05) is 4.90 Å². The van der Waals surface area contributed by atoms with Crippen LogP contribution in [0.25, 0.3) is 97.4 Å². The van der Waals surface area contributed by atoms with Crippen molar-refractivity contribution in [2.45, 2.75) is 0 Å². The second-order valence-electron chi connectivity index (χ2n) is 14.8. The summed E-state index contributed by atoms with van der Waals surface area (Å²) in [5.74, 6) is 0. The Hall–Kier alpha value is -7.40. The van der Waals surface area contributed by atoms with Gasteiger partial charge < -0.3 is 13.7 Å². The lowest BCUT2D eigenvalue weighted by atomic mass is 10.00. The van der Waals surface area contributed by atoms with Gasteiger partial charge in [-0.05, 0) is 70.8 Å². The van der Waals surface area contributed by atoms with Crippen molar-refractivity contribution < 1.29 is 8.83 Å². The van der Waals surface area contributed by atoms with E-state index in [9.17, 15) is 0 Å². The summed E-state index contributed by atoms with van der Waals surface area (Å²) in [6, 6.07) is 71.4. The van der Waals surface area contributed by atoms with E-state index in [2.05, 4.69) is 181 Å². The fourth-order valence-corrected chi connectivity index (χ4v) is 10.1. The third kappa shape index (κ3) is 5.12. The van der Waals surface area contributed by atoms with E-state index in [4.69, 9.17) is 8.83 Å². The summed E-state index contributed by atoms with van der Waals surface area (Å²) >= 11 is 1.86. The number of thiophene rings is 1. The molecule has 0 unspecified atom stereocenters. The summed E-state index contributed by atoms with van der Waals surface area (Å²) in [7, 11) is 0. The molecule has 9 aromatic carbocycles. The van der Waals surface area contributed by atoms with Gasteiger partial charge in [0.2, 0.25) is 0 Å². The van der Waals surface area contributed by atoms with Crippen molar-refractivity contribution >= 4 is 92.4 Å². The summed E-state index contributed by atoms with van der Waals surface area (Å²) in [6.45, 7) is 0. The topological polar surface area (TPSA) is 29.5 Å². The zero-order valence-electron chi connectivity index (χ0n) is 31.2. The van der Waals surface area contributed by atoms with Crippen LogP contribution in [0.4, 0.5) is 17.1 Å². The number of hydrogen-bond donors (Lipinski definition) is 0. The number of hydrogen-bond acceptors (Lipinski definition) is 4. The molecule has 12 aromatic rings. The molecule has 272 valence electrons. The summed E-state index contributed by atoms with van der Waals surface area (Å²) in [6.07, 6.45) is 0.